The van der Waals surface area contributed by atoms with Crippen LogP contribution in [0.25, 0.3) is 22.4 Å². The van der Waals surface area contributed by atoms with Crippen LogP contribution < -0.4 is 10.1 Å². The maximum atomic E-state index is 12.7. The Labute approximate surface area is 222 Å². The Morgan fingerprint density at radius 1 is 0.973 bits per heavy atom. The lowest BCUT2D eigenvalue weighted by atomic mass is 9.98. The molecule has 0 saturated carbocycles. The molecule has 0 aliphatic rings. The first kappa shape index (κ1) is 26.0. The van der Waals surface area contributed by atoms with Gasteiger partial charge in [-0.3, -0.25) is 4.79 Å². The van der Waals surface area contributed by atoms with Crippen molar-refractivity contribution in [3.63, 3.8) is 0 Å². The Hall–Kier alpha value is -4.08. The second-order valence-electron chi connectivity index (χ2n) is 8.85. The lowest BCUT2D eigenvalue weighted by Crippen LogP contribution is -2.14. The third-order valence-corrected chi connectivity index (χ3v) is 7.14. The van der Waals surface area contributed by atoms with Gasteiger partial charge in [-0.2, -0.15) is 5.26 Å². The van der Waals surface area contributed by atoms with E-state index in [9.17, 15) is 10.1 Å². The van der Waals surface area contributed by atoms with Crippen molar-refractivity contribution in [2.75, 3.05) is 18.2 Å². The van der Waals surface area contributed by atoms with E-state index in [0.29, 0.717) is 22.8 Å². The van der Waals surface area contributed by atoms with Crippen LogP contribution in [0.5, 0.6) is 5.75 Å². The summed E-state index contributed by atoms with van der Waals surface area (Å²) in [5.74, 6) is 1.20. The predicted molar refractivity (Wildman–Crippen MR) is 151 cm³/mol. The van der Waals surface area contributed by atoms with E-state index in [2.05, 4.69) is 11.4 Å². The molecule has 186 valence electrons. The van der Waals surface area contributed by atoms with Crippen molar-refractivity contribution in [1.82, 2.24) is 4.98 Å². The minimum absolute atomic E-state index is 0.0616. The number of methoxy groups -OCH3 is 1. The van der Waals surface area contributed by atoms with Crippen LogP contribution >= 0.6 is 11.8 Å². The van der Waals surface area contributed by atoms with Crippen LogP contribution in [-0.2, 0) is 4.79 Å². The first-order valence-corrected chi connectivity index (χ1v) is 13.0. The molecule has 0 radical (unpaired) electrons. The Morgan fingerprint density at radius 3 is 2.24 bits per heavy atom. The number of nitrogens with one attached hydrogen (secondary N) is 1. The van der Waals surface area contributed by atoms with Gasteiger partial charge in [0.1, 0.15) is 16.8 Å². The number of pyridine rings is 1. The highest BCUT2D eigenvalue weighted by atomic mass is 32.2. The van der Waals surface area contributed by atoms with Crippen LogP contribution in [-0.4, -0.2) is 23.8 Å². The van der Waals surface area contributed by atoms with E-state index in [1.165, 1.54) is 11.8 Å². The number of thioether (sulfide) groups is 1. The number of benzene rings is 3. The first-order chi connectivity index (χ1) is 17.9. The van der Waals surface area contributed by atoms with Crippen molar-refractivity contribution >= 4 is 23.4 Å². The Morgan fingerprint density at radius 2 is 1.62 bits per heavy atom. The van der Waals surface area contributed by atoms with Crippen molar-refractivity contribution in [3.8, 4) is 34.2 Å². The lowest BCUT2D eigenvalue weighted by molar-refractivity contribution is -0.115. The predicted octanol–water partition coefficient (Wildman–Crippen LogP) is 7.34. The topological polar surface area (TPSA) is 75.0 Å². The molecule has 0 aliphatic heterocycles. The molecule has 0 fully saturated rings. The summed E-state index contributed by atoms with van der Waals surface area (Å²) in [6.45, 7) is 6.00. The molecule has 0 bridgehead atoms. The highest BCUT2D eigenvalue weighted by Crippen LogP contribution is 2.35. The molecular weight excluding hydrogens is 478 g/mol. The van der Waals surface area contributed by atoms with Gasteiger partial charge in [0.15, 0.2) is 0 Å². The van der Waals surface area contributed by atoms with Gasteiger partial charge in [-0.25, -0.2) is 4.98 Å². The number of anilines is 1. The molecule has 1 N–H and O–H groups in total. The monoisotopic (exact) mass is 507 g/mol. The number of carbonyl (C=O) groups excluding carboxylic acids is 1. The normalized spacial score (nSPS) is 10.6. The van der Waals surface area contributed by atoms with Crippen molar-refractivity contribution in [2.45, 2.75) is 32.2 Å². The Bertz CT molecular complexity index is 1440. The summed E-state index contributed by atoms with van der Waals surface area (Å²) in [5.41, 5.74) is 8.05. The van der Waals surface area contributed by atoms with Gasteiger partial charge in [-0.1, -0.05) is 48.0 Å². The van der Waals surface area contributed by atoms with E-state index in [1.54, 1.807) is 7.11 Å². The van der Waals surface area contributed by atoms with E-state index < -0.39 is 0 Å². The number of amides is 1. The van der Waals surface area contributed by atoms with Crippen LogP contribution in [0, 0.1) is 32.1 Å². The number of hydrogen-bond acceptors (Lipinski definition) is 5. The van der Waals surface area contributed by atoms with Gasteiger partial charge in [-0.15, -0.1) is 11.8 Å². The number of carbonyl (C=O) groups is 1. The zero-order valence-electron chi connectivity index (χ0n) is 21.5. The number of rotatable bonds is 8. The molecule has 1 heterocycles. The number of aryl methyl sites for hydroxylation is 3. The van der Waals surface area contributed by atoms with Gasteiger partial charge in [0.05, 0.1) is 18.4 Å². The van der Waals surface area contributed by atoms with E-state index in [1.807, 2.05) is 93.6 Å². The van der Waals surface area contributed by atoms with Gasteiger partial charge >= 0.3 is 0 Å². The molecule has 3 aromatic carbocycles. The molecule has 5 nitrogen and oxygen atoms in total. The minimum Gasteiger partial charge on any atom is -0.497 e. The summed E-state index contributed by atoms with van der Waals surface area (Å²) in [7, 11) is 1.63. The highest BCUT2D eigenvalue weighted by Gasteiger charge is 2.17. The quantitative estimate of drug-likeness (QED) is 0.253. The molecule has 1 aromatic heterocycles. The molecule has 4 rings (SSSR count). The zero-order valence-corrected chi connectivity index (χ0v) is 22.3. The van der Waals surface area contributed by atoms with E-state index in [0.717, 1.165) is 50.5 Å². The molecule has 0 unspecified atom stereocenters. The summed E-state index contributed by atoms with van der Waals surface area (Å²) in [5, 5.41) is 13.8. The van der Waals surface area contributed by atoms with Crippen LogP contribution in [0.4, 0.5) is 5.69 Å². The second kappa shape index (κ2) is 11.8. The second-order valence-corrected chi connectivity index (χ2v) is 9.94. The third-order valence-electron chi connectivity index (χ3n) is 6.16. The van der Waals surface area contributed by atoms with Crippen LogP contribution in [0.2, 0.25) is 0 Å². The molecular formula is C31H29N3O2S. The largest absolute Gasteiger partial charge is 0.497 e. The molecule has 0 atom stereocenters. The fraction of sp³-hybridized carbons (Fsp3) is 0.194. The first-order valence-electron chi connectivity index (χ1n) is 12.0. The standard InChI is InChI=1S/C31H29N3O2S/c1-20-8-10-23(11-9-20)26-18-28(24-12-14-25(36-4)15-13-24)33-31(27(26)19-32)37-17-16-29(35)34-30-21(2)6-5-7-22(30)3/h5-15,18H,16-17H2,1-4H3,(H,34,35). The van der Waals surface area contributed by atoms with Crippen LogP contribution in [0.15, 0.2) is 77.8 Å². The number of nitrogens with zero attached hydrogens (tertiary/aromatic N) is 2. The van der Waals surface area contributed by atoms with E-state index in [-0.39, 0.29) is 5.91 Å². The number of nitriles is 1. The SMILES string of the molecule is COc1ccc(-c2cc(-c3ccc(C)cc3)c(C#N)c(SCCC(=O)Nc3c(C)cccc3C)n2)cc1. The fourth-order valence-electron chi connectivity index (χ4n) is 4.06. The van der Waals surface area contributed by atoms with E-state index in [4.69, 9.17) is 9.72 Å². The summed E-state index contributed by atoms with van der Waals surface area (Å²) >= 11 is 1.43. The van der Waals surface area contributed by atoms with Crippen molar-refractivity contribution in [1.29, 1.82) is 5.26 Å². The fourth-order valence-corrected chi connectivity index (χ4v) is 5.00. The molecule has 0 aliphatic carbocycles. The van der Waals surface area contributed by atoms with Crippen LogP contribution in [0.1, 0.15) is 28.7 Å². The van der Waals surface area contributed by atoms with Crippen molar-refractivity contribution < 1.29 is 9.53 Å². The van der Waals surface area contributed by atoms with Crippen molar-refractivity contribution in [2.24, 2.45) is 0 Å². The van der Waals surface area contributed by atoms with Gasteiger partial charge in [0, 0.05) is 29.0 Å². The van der Waals surface area contributed by atoms with E-state index >= 15 is 0 Å². The zero-order chi connectivity index (χ0) is 26.4. The maximum absolute atomic E-state index is 12.7. The van der Waals surface area contributed by atoms with Crippen LogP contribution in [0.3, 0.4) is 0 Å². The van der Waals surface area contributed by atoms with Crippen molar-refractivity contribution in [3.05, 3.63) is 95.1 Å². The third kappa shape index (κ3) is 6.19. The lowest BCUT2D eigenvalue weighted by Gasteiger charge is -2.14. The Kier molecular flexibility index (Phi) is 8.27. The number of hydrogen-bond donors (Lipinski definition) is 1. The molecule has 4 aromatic rings. The summed E-state index contributed by atoms with van der Waals surface area (Å²) in [6, 6.07) is 26.1. The smallest absolute Gasteiger partial charge is 0.225 e. The number of aromatic nitrogens is 1. The highest BCUT2D eigenvalue weighted by molar-refractivity contribution is 7.99. The number of ether oxygens (including phenoxy) is 1. The Balaban J connectivity index is 1.62. The average molecular weight is 508 g/mol. The van der Waals surface area contributed by atoms with Gasteiger partial charge in [-0.05, 0) is 67.8 Å². The minimum atomic E-state index is -0.0616. The average Bonchev–Trinajstić information content (AvgIpc) is 2.91. The molecule has 37 heavy (non-hydrogen) atoms. The maximum Gasteiger partial charge on any atom is 0.225 e. The molecule has 1 amide bonds. The summed E-state index contributed by atoms with van der Waals surface area (Å²) < 4.78 is 5.30. The molecule has 6 heteroatoms. The van der Waals surface area contributed by atoms with Gasteiger partial charge in [0.2, 0.25) is 5.91 Å². The summed E-state index contributed by atoms with van der Waals surface area (Å²) in [6.07, 6.45) is 0.303. The molecule has 0 saturated heterocycles. The molecule has 0 spiro atoms. The van der Waals surface area contributed by atoms with Gasteiger partial charge < -0.3 is 10.1 Å². The number of para-hydroxylation sites is 1. The van der Waals surface area contributed by atoms with Gasteiger partial charge in [0.25, 0.3) is 0 Å². The summed E-state index contributed by atoms with van der Waals surface area (Å²) in [4.78, 5) is 17.6.